The zero-order chi connectivity index (χ0) is 14.5. The second kappa shape index (κ2) is 6.51. The van der Waals surface area contributed by atoms with Crippen LogP contribution in [0.5, 0.6) is 5.75 Å². The largest absolute Gasteiger partial charge is 0.496 e. The fraction of sp³-hybridized carbons (Fsp3) is 0.154. The molecule has 0 fully saturated rings. The number of carbonyl (C=O) groups is 1. The quantitative estimate of drug-likeness (QED) is 0.482. The number of halogens is 1. The first kappa shape index (κ1) is 14.5. The van der Waals surface area contributed by atoms with Gasteiger partial charge in [0.2, 0.25) is 0 Å². The maximum Gasteiger partial charge on any atom is 0.291 e. The van der Waals surface area contributed by atoms with E-state index in [1.165, 1.54) is 0 Å². The zero-order valence-electron chi connectivity index (χ0n) is 11.0. The summed E-state index contributed by atoms with van der Waals surface area (Å²) in [6.45, 7) is 1.83. The van der Waals surface area contributed by atoms with E-state index in [0.717, 1.165) is 20.6 Å². The summed E-state index contributed by atoms with van der Waals surface area (Å²) >= 11 is 2.18. The summed E-state index contributed by atoms with van der Waals surface area (Å²) < 4.78 is 6.14. The second-order valence-corrected chi connectivity index (χ2v) is 5.19. The molecule has 0 aliphatic rings. The molecule has 2 aromatic rings. The Hall–Kier alpha value is -1.90. The molecule has 7 heteroatoms. The van der Waals surface area contributed by atoms with Crippen LogP contribution in [0.3, 0.4) is 0 Å². The minimum atomic E-state index is -0.353. The fourth-order valence-corrected chi connectivity index (χ4v) is 2.28. The third kappa shape index (κ3) is 3.56. The standard InChI is InChI=1S/C13H13IN4O2/c1-8-5-11(17-16-8)13(19)18-15-7-9-3-4-12(20-2)10(14)6-9/h3-7H,1-2H3,(H,16,17)(H,18,19). The van der Waals surface area contributed by atoms with Gasteiger partial charge in [0.05, 0.1) is 16.9 Å². The van der Waals surface area contributed by atoms with Crippen molar-refractivity contribution in [3.63, 3.8) is 0 Å². The Balaban J connectivity index is 2.00. The number of aryl methyl sites for hydroxylation is 1. The molecule has 20 heavy (non-hydrogen) atoms. The first-order valence-electron chi connectivity index (χ1n) is 5.79. The predicted octanol–water partition coefficient (Wildman–Crippen LogP) is 2.10. The lowest BCUT2D eigenvalue weighted by atomic mass is 10.2. The third-order valence-electron chi connectivity index (χ3n) is 2.49. The molecule has 0 aliphatic carbocycles. The molecule has 0 saturated carbocycles. The van der Waals surface area contributed by atoms with Gasteiger partial charge in [-0.15, -0.1) is 0 Å². The van der Waals surface area contributed by atoms with E-state index in [-0.39, 0.29) is 5.91 Å². The van der Waals surface area contributed by atoms with Crippen molar-refractivity contribution in [1.29, 1.82) is 0 Å². The number of ether oxygens (including phenoxy) is 1. The Kier molecular flexibility index (Phi) is 4.72. The van der Waals surface area contributed by atoms with Crippen LogP contribution in [0.2, 0.25) is 0 Å². The first-order chi connectivity index (χ1) is 9.60. The second-order valence-electron chi connectivity index (χ2n) is 4.03. The smallest absolute Gasteiger partial charge is 0.291 e. The number of carbonyl (C=O) groups excluding carboxylic acids is 1. The number of aromatic nitrogens is 2. The molecular formula is C13H13IN4O2. The van der Waals surface area contributed by atoms with Gasteiger partial charge in [0.15, 0.2) is 5.69 Å². The van der Waals surface area contributed by atoms with Crippen LogP contribution < -0.4 is 10.2 Å². The molecule has 0 aliphatic heterocycles. The van der Waals surface area contributed by atoms with Crippen LogP contribution in [0.4, 0.5) is 0 Å². The molecule has 1 heterocycles. The molecule has 0 atom stereocenters. The van der Waals surface area contributed by atoms with Crippen molar-refractivity contribution in [2.45, 2.75) is 6.92 Å². The van der Waals surface area contributed by atoms with Gasteiger partial charge in [0.1, 0.15) is 5.75 Å². The lowest BCUT2D eigenvalue weighted by Crippen LogP contribution is -2.18. The van der Waals surface area contributed by atoms with Gasteiger partial charge < -0.3 is 4.74 Å². The number of hydrogen-bond donors (Lipinski definition) is 2. The van der Waals surface area contributed by atoms with Crippen LogP contribution in [0.15, 0.2) is 29.4 Å². The van der Waals surface area contributed by atoms with Gasteiger partial charge in [-0.2, -0.15) is 10.2 Å². The van der Waals surface area contributed by atoms with E-state index in [9.17, 15) is 4.79 Å². The SMILES string of the molecule is COc1ccc(C=NNC(=O)c2cc(C)[nH]n2)cc1I. The van der Waals surface area contributed by atoms with Crippen LogP contribution >= 0.6 is 22.6 Å². The molecule has 2 N–H and O–H groups in total. The van der Waals surface area contributed by atoms with Crippen molar-refractivity contribution in [2.75, 3.05) is 7.11 Å². The lowest BCUT2D eigenvalue weighted by Gasteiger charge is -2.03. The predicted molar refractivity (Wildman–Crippen MR) is 84.1 cm³/mol. The number of rotatable bonds is 4. The van der Waals surface area contributed by atoms with Gasteiger partial charge >= 0.3 is 0 Å². The molecule has 2 rings (SSSR count). The van der Waals surface area contributed by atoms with Crippen LogP contribution in [0, 0.1) is 10.5 Å². The molecule has 0 radical (unpaired) electrons. The Morgan fingerprint density at radius 3 is 2.90 bits per heavy atom. The average Bonchev–Trinajstić information content (AvgIpc) is 2.85. The van der Waals surface area contributed by atoms with E-state index < -0.39 is 0 Å². The summed E-state index contributed by atoms with van der Waals surface area (Å²) in [5, 5.41) is 10.5. The van der Waals surface area contributed by atoms with E-state index in [0.29, 0.717) is 5.69 Å². The Bertz CT molecular complexity index is 652. The minimum absolute atomic E-state index is 0.309. The fourth-order valence-electron chi connectivity index (χ4n) is 1.52. The highest BCUT2D eigenvalue weighted by molar-refractivity contribution is 14.1. The van der Waals surface area contributed by atoms with Crippen molar-refractivity contribution in [3.8, 4) is 5.75 Å². The zero-order valence-corrected chi connectivity index (χ0v) is 13.1. The first-order valence-corrected chi connectivity index (χ1v) is 6.87. The lowest BCUT2D eigenvalue weighted by molar-refractivity contribution is 0.0950. The monoisotopic (exact) mass is 384 g/mol. The Labute approximate surface area is 129 Å². The van der Waals surface area contributed by atoms with Gasteiger partial charge in [0.25, 0.3) is 5.91 Å². The highest BCUT2D eigenvalue weighted by Gasteiger charge is 2.07. The highest BCUT2D eigenvalue weighted by atomic mass is 127. The number of hydrogen-bond acceptors (Lipinski definition) is 4. The van der Waals surface area contributed by atoms with Gasteiger partial charge in [-0.3, -0.25) is 9.89 Å². The highest BCUT2D eigenvalue weighted by Crippen LogP contribution is 2.20. The van der Waals surface area contributed by atoms with Crippen LogP contribution in [-0.2, 0) is 0 Å². The summed E-state index contributed by atoms with van der Waals surface area (Å²) in [4.78, 5) is 11.7. The average molecular weight is 384 g/mol. The normalized spacial score (nSPS) is 10.8. The van der Waals surface area contributed by atoms with E-state index >= 15 is 0 Å². The van der Waals surface area contributed by atoms with Crippen LogP contribution in [0.25, 0.3) is 0 Å². The molecule has 0 bridgehead atoms. The number of nitrogens with one attached hydrogen (secondary N) is 2. The summed E-state index contributed by atoms with van der Waals surface area (Å²) in [5.74, 6) is 0.451. The van der Waals surface area contributed by atoms with E-state index in [2.05, 4.69) is 43.3 Å². The Morgan fingerprint density at radius 1 is 1.50 bits per heavy atom. The number of H-pyrrole nitrogens is 1. The van der Waals surface area contributed by atoms with E-state index in [4.69, 9.17) is 4.74 Å². The van der Waals surface area contributed by atoms with Crippen LogP contribution in [-0.4, -0.2) is 29.4 Å². The molecule has 6 nitrogen and oxygen atoms in total. The van der Waals surface area contributed by atoms with Crippen LogP contribution in [0.1, 0.15) is 21.7 Å². The van der Waals surface area contributed by atoms with Gasteiger partial charge in [0, 0.05) is 5.69 Å². The van der Waals surface area contributed by atoms with Crippen molar-refractivity contribution in [1.82, 2.24) is 15.6 Å². The third-order valence-corrected chi connectivity index (χ3v) is 3.34. The molecule has 104 valence electrons. The van der Waals surface area contributed by atoms with Gasteiger partial charge in [-0.1, -0.05) is 0 Å². The molecule has 1 aromatic heterocycles. The van der Waals surface area contributed by atoms with Crippen molar-refractivity contribution in [3.05, 3.63) is 44.8 Å². The maximum atomic E-state index is 11.7. The number of amides is 1. The van der Waals surface area contributed by atoms with Gasteiger partial charge in [-0.05, 0) is 59.3 Å². The number of aromatic amines is 1. The minimum Gasteiger partial charge on any atom is -0.496 e. The molecule has 0 unspecified atom stereocenters. The number of benzene rings is 1. The maximum absolute atomic E-state index is 11.7. The van der Waals surface area contributed by atoms with E-state index in [1.54, 1.807) is 19.4 Å². The molecule has 0 spiro atoms. The van der Waals surface area contributed by atoms with Crippen molar-refractivity contribution in [2.24, 2.45) is 5.10 Å². The van der Waals surface area contributed by atoms with Gasteiger partial charge in [-0.25, -0.2) is 5.43 Å². The summed E-state index contributed by atoms with van der Waals surface area (Å²) in [5.41, 5.74) is 4.42. The van der Waals surface area contributed by atoms with Crippen molar-refractivity contribution >= 4 is 34.7 Å². The molecule has 1 amide bonds. The summed E-state index contributed by atoms with van der Waals surface area (Å²) in [6, 6.07) is 7.27. The Morgan fingerprint density at radius 2 is 2.30 bits per heavy atom. The van der Waals surface area contributed by atoms with Crippen molar-refractivity contribution < 1.29 is 9.53 Å². The molecule has 1 aromatic carbocycles. The number of hydrazone groups is 1. The van der Waals surface area contributed by atoms with E-state index in [1.807, 2.05) is 25.1 Å². The number of nitrogens with zero attached hydrogens (tertiary/aromatic N) is 2. The summed E-state index contributed by atoms with van der Waals surface area (Å²) in [6.07, 6.45) is 1.57. The molecule has 0 saturated heterocycles. The molecular weight excluding hydrogens is 371 g/mol. The summed E-state index contributed by atoms with van der Waals surface area (Å²) in [7, 11) is 1.62. The topological polar surface area (TPSA) is 79.4 Å². The number of methoxy groups -OCH3 is 1.